The molecule has 1 aliphatic carbocycles. The summed E-state index contributed by atoms with van der Waals surface area (Å²) in [6.07, 6.45) is 6.90. The molecule has 0 unspecified atom stereocenters. The van der Waals surface area contributed by atoms with E-state index in [1.165, 1.54) is 10.7 Å². The van der Waals surface area contributed by atoms with Gasteiger partial charge in [0.2, 0.25) is 21.8 Å². The summed E-state index contributed by atoms with van der Waals surface area (Å²) in [6.45, 7) is 6.03. The molecule has 7 nitrogen and oxygen atoms in total. The first-order valence-corrected chi connectivity index (χ1v) is 15.6. The van der Waals surface area contributed by atoms with Crippen LogP contribution in [0, 0.1) is 13.8 Å². The fraction of sp³-hybridized carbons (Fsp3) is 0.517. The van der Waals surface area contributed by atoms with E-state index in [9.17, 15) is 18.0 Å². The van der Waals surface area contributed by atoms with Gasteiger partial charge >= 0.3 is 0 Å². The molecule has 2 aromatic carbocycles. The highest BCUT2D eigenvalue weighted by Crippen LogP contribution is 2.27. The van der Waals surface area contributed by atoms with Gasteiger partial charge in [0.1, 0.15) is 6.04 Å². The monoisotopic (exact) mass is 561 g/mol. The highest BCUT2D eigenvalue weighted by molar-refractivity contribution is 7.92. The lowest BCUT2D eigenvalue weighted by atomic mass is 9.95. The Bertz CT molecular complexity index is 1230. The summed E-state index contributed by atoms with van der Waals surface area (Å²) in [5.74, 6) is -0.332. The molecule has 0 aliphatic heterocycles. The number of rotatable bonds is 11. The fourth-order valence-electron chi connectivity index (χ4n) is 4.96. The highest BCUT2D eigenvalue weighted by Gasteiger charge is 2.29. The van der Waals surface area contributed by atoms with Crippen LogP contribution >= 0.6 is 11.6 Å². The molecule has 9 heteroatoms. The number of hydrogen-bond acceptors (Lipinski definition) is 4. The van der Waals surface area contributed by atoms with Crippen LogP contribution in [0.1, 0.15) is 68.6 Å². The van der Waals surface area contributed by atoms with Crippen LogP contribution in [-0.4, -0.2) is 50.0 Å². The van der Waals surface area contributed by atoms with Gasteiger partial charge < -0.3 is 10.2 Å². The van der Waals surface area contributed by atoms with Crippen molar-refractivity contribution in [3.05, 3.63) is 64.2 Å². The van der Waals surface area contributed by atoms with Gasteiger partial charge in [0, 0.05) is 30.6 Å². The van der Waals surface area contributed by atoms with E-state index in [1.807, 2.05) is 38.1 Å². The molecule has 1 N–H and O–H groups in total. The largest absolute Gasteiger partial charge is 0.352 e. The lowest BCUT2D eigenvalue weighted by Crippen LogP contribution is -2.50. The van der Waals surface area contributed by atoms with Crippen LogP contribution in [0.15, 0.2) is 42.5 Å². The van der Waals surface area contributed by atoms with Crippen molar-refractivity contribution in [3.63, 3.8) is 0 Å². The van der Waals surface area contributed by atoms with E-state index in [-0.39, 0.29) is 30.8 Å². The third kappa shape index (κ3) is 8.21. The third-order valence-electron chi connectivity index (χ3n) is 7.31. The first-order chi connectivity index (χ1) is 18.0. The van der Waals surface area contributed by atoms with Gasteiger partial charge in [-0.2, -0.15) is 0 Å². The second-order valence-electron chi connectivity index (χ2n) is 10.3. The Kier molecular flexibility index (Phi) is 10.6. The molecule has 0 heterocycles. The second-order valence-corrected chi connectivity index (χ2v) is 12.7. The SMILES string of the molecule is Cc1ccccc1CN(C(=O)CCCN(c1cc(Cl)ccc1C)S(C)(=O)=O)[C@H](C)C(=O)NC1CCCCC1. The van der Waals surface area contributed by atoms with Crippen molar-refractivity contribution in [2.24, 2.45) is 0 Å². The van der Waals surface area contributed by atoms with Gasteiger partial charge in [-0.05, 0) is 68.9 Å². The lowest BCUT2D eigenvalue weighted by Gasteiger charge is -2.32. The Hall–Kier alpha value is -2.58. The lowest BCUT2D eigenvalue weighted by molar-refractivity contribution is -0.141. The first kappa shape index (κ1) is 30.0. The number of halogens is 1. The van der Waals surface area contributed by atoms with Gasteiger partial charge in [-0.25, -0.2) is 8.42 Å². The Morgan fingerprint density at radius 3 is 2.39 bits per heavy atom. The fourth-order valence-corrected chi connectivity index (χ4v) is 6.14. The van der Waals surface area contributed by atoms with E-state index < -0.39 is 16.1 Å². The number of amides is 2. The standard InChI is InChI=1S/C29H40ClN3O4S/c1-21-11-8-9-12-24(21)20-32(23(3)29(35)31-26-13-6-5-7-14-26)28(34)15-10-18-33(38(4,36)37)27-19-25(30)17-16-22(27)2/h8-9,11-12,16-17,19,23,26H,5-7,10,13-15,18,20H2,1-4H3,(H,31,35)/t23-/m1/s1. The summed E-state index contributed by atoms with van der Waals surface area (Å²) in [4.78, 5) is 28.4. The number of hydrogen-bond donors (Lipinski definition) is 1. The molecule has 38 heavy (non-hydrogen) atoms. The number of carbonyl (C=O) groups is 2. The highest BCUT2D eigenvalue weighted by atomic mass is 35.5. The Balaban J connectivity index is 1.75. The maximum Gasteiger partial charge on any atom is 0.242 e. The maximum absolute atomic E-state index is 13.5. The van der Waals surface area contributed by atoms with Crippen molar-refractivity contribution in [1.29, 1.82) is 0 Å². The van der Waals surface area contributed by atoms with Crippen molar-refractivity contribution in [1.82, 2.24) is 10.2 Å². The molecule has 0 saturated heterocycles. The van der Waals surface area contributed by atoms with Crippen molar-refractivity contribution >= 4 is 39.1 Å². The third-order valence-corrected chi connectivity index (χ3v) is 8.73. The predicted molar refractivity (Wildman–Crippen MR) is 154 cm³/mol. The molecule has 0 bridgehead atoms. The number of benzene rings is 2. The van der Waals surface area contributed by atoms with E-state index in [0.717, 1.165) is 48.6 Å². The van der Waals surface area contributed by atoms with Crippen molar-refractivity contribution < 1.29 is 18.0 Å². The Morgan fingerprint density at radius 2 is 1.74 bits per heavy atom. The summed E-state index contributed by atoms with van der Waals surface area (Å²) in [5.41, 5.74) is 3.31. The molecular weight excluding hydrogens is 522 g/mol. The average Bonchev–Trinajstić information content (AvgIpc) is 2.87. The number of carbonyl (C=O) groups excluding carboxylic acids is 2. The topological polar surface area (TPSA) is 86.8 Å². The minimum atomic E-state index is -3.59. The van der Waals surface area contributed by atoms with Crippen LogP contribution < -0.4 is 9.62 Å². The van der Waals surface area contributed by atoms with E-state index >= 15 is 0 Å². The molecule has 1 aliphatic rings. The molecule has 2 amide bonds. The molecular formula is C29H40ClN3O4S. The van der Waals surface area contributed by atoms with Crippen LogP contribution in [0.4, 0.5) is 5.69 Å². The van der Waals surface area contributed by atoms with Gasteiger partial charge in [0.05, 0.1) is 11.9 Å². The molecule has 0 radical (unpaired) electrons. The molecule has 208 valence electrons. The average molecular weight is 562 g/mol. The van der Waals surface area contributed by atoms with Gasteiger partial charge in [0.25, 0.3) is 0 Å². The number of anilines is 1. The van der Waals surface area contributed by atoms with Gasteiger partial charge in [-0.3, -0.25) is 13.9 Å². The summed E-state index contributed by atoms with van der Waals surface area (Å²) in [6, 6.07) is 12.4. The quantitative estimate of drug-likeness (QED) is 0.399. The summed E-state index contributed by atoms with van der Waals surface area (Å²) < 4.78 is 26.5. The zero-order valence-corrected chi connectivity index (χ0v) is 24.4. The molecule has 2 aromatic rings. The number of nitrogens with one attached hydrogen (secondary N) is 1. The smallest absolute Gasteiger partial charge is 0.242 e. The number of aryl methyl sites for hydroxylation is 2. The normalized spacial score (nSPS) is 15.1. The summed E-state index contributed by atoms with van der Waals surface area (Å²) in [5, 5.41) is 3.59. The zero-order valence-electron chi connectivity index (χ0n) is 22.9. The van der Waals surface area contributed by atoms with E-state index in [2.05, 4.69) is 5.32 Å². The summed E-state index contributed by atoms with van der Waals surface area (Å²) >= 11 is 6.14. The van der Waals surface area contributed by atoms with Gasteiger partial charge in [-0.1, -0.05) is 61.2 Å². The molecule has 1 atom stereocenters. The molecule has 3 rings (SSSR count). The molecule has 0 aromatic heterocycles. The Labute approximate surface area is 232 Å². The summed E-state index contributed by atoms with van der Waals surface area (Å²) in [7, 11) is -3.59. The number of nitrogens with zero attached hydrogens (tertiary/aromatic N) is 2. The molecule has 1 fully saturated rings. The van der Waals surface area contributed by atoms with Crippen LogP contribution in [-0.2, 0) is 26.2 Å². The maximum atomic E-state index is 13.5. The van der Waals surface area contributed by atoms with E-state index in [4.69, 9.17) is 11.6 Å². The van der Waals surface area contributed by atoms with Crippen LogP contribution in [0.3, 0.4) is 0 Å². The minimum Gasteiger partial charge on any atom is -0.352 e. The van der Waals surface area contributed by atoms with Gasteiger partial charge in [0.15, 0.2) is 0 Å². The zero-order chi connectivity index (χ0) is 27.9. The predicted octanol–water partition coefficient (Wildman–Crippen LogP) is 5.37. The van der Waals surface area contributed by atoms with Crippen molar-refractivity contribution in [3.8, 4) is 0 Å². The van der Waals surface area contributed by atoms with Crippen LogP contribution in [0.2, 0.25) is 5.02 Å². The van der Waals surface area contributed by atoms with Crippen molar-refractivity contribution in [2.45, 2.75) is 84.3 Å². The van der Waals surface area contributed by atoms with Crippen LogP contribution in [0.5, 0.6) is 0 Å². The second kappa shape index (κ2) is 13.5. The molecule has 0 spiro atoms. The van der Waals surface area contributed by atoms with E-state index in [0.29, 0.717) is 23.7 Å². The van der Waals surface area contributed by atoms with Crippen molar-refractivity contribution in [2.75, 3.05) is 17.1 Å². The van der Waals surface area contributed by atoms with E-state index in [1.54, 1.807) is 30.0 Å². The Morgan fingerprint density at radius 1 is 1.05 bits per heavy atom. The molecule has 1 saturated carbocycles. The van der Waals surface area contributed by atoms with Crippen LogP contribution in [0.25, 0.3) is 0 Å². The van der Waals surface area contributed by atoms with Gasteiger partial charge in [-0.15, -0.1) is 0 Å². The first-order valence-electron chi connectivity index (χ1n) is 13.4. The minimum absolute atomic E-state index is 0.110. The number of sulfonamides is 1.